The zero-order valence-electron chi connectivity index (χ0n) is 17.8. The molecule has 1 aromatic heterocycles. The van der Waals surface area contributed by atoms with E-state index >= 15 is 0 Å². The lowest BCUT2D eigenvalue weighted by atomic mass is 9.72. The third-order valence-electron chi connectivity index (χ3n) is 6.26. The predicted molar refractivity (Wildman–Crippen MR) is 122 cm³/mol. The summed E-state index contributed by atoms with van der Waals surface area (Å²) in [6.45, 7) is 8.63. The molecular weight excluding hydrogens is 354 g/mol. The number of aromatic nitrogens is 1. The van der Waals surface area contributed by atoms with Crippen molar-refractivity contribution in [2.75, 3.05) is 0 Å². The van der Waals surface area contributed by atoms with E-state index in [4.69, 9.17) is 4.98 Å². The third-order valence-corrected chi connectivity index (χ3v) is 6.26. The van der Waals surface area contributed by atoms with E-state index in [9.17, 15) is 4.79 Å². The van der Waals surface area contributed by atoms with Crippen molar-refractivity contribution in [3.8, 4) is 11.1 Å². The molecule has 1 aliphatic rings. The van der Waals surface area contributed by atoms with Crippen molar-refractivity contribution in [1.29, 1.82) is 0 Å². The summed E-state index contributed by atoms with van der Waals surface area (Å²) in [7, 11) is 0. The van der Waals surface area contributed by atoms with Gasteiger partial charge in [-0.15, -0.1) is 0 Å². The summed E-state index contributed by atoms with van der Waals surface area (Å²) in [5, 5.41) is 1.13. The van der Waals surface area contributed by atoms with Crippen LogP contribution in [-0.2, 0) is 0 Å². The van der Waals surface area contributed by atoms with Crippen molar-refractivity contribution in [1.82, 2.24) is 4.98 Å². The van der Waals surface area contributed by atoms with Crippen molar-refractivity contribution in [2.24, 2.45) is 11.3 Å². The third kappa shape index (κ3) is 4.03. The highest BCUT2D eigenvalue weighted by Gasteiger charge is 2.27. The number of carbonyl (C=O) groups is 1. The second-order valence-corrected chi connectivity index (χ2v) is 9.28. The van der Waals surface area contributed by atoms with E-state index in [1.165, 1.54) is 12.0 Å². The molecule has 0 radical (unpaired) electrons. The van der Waals surface area contributed by atoms with Crippen LogP contribution in [0, 0.1) is 11.3 Å². The van der Waals surface area contributed by atoms with Gasteiger partial charge in [0.15, 0.2) is 5.78 Å². The molecule has 1 unspecified atom stereocenters. The second-order valence-electron chi connectivity index (χ2n) is 9.28. The average Bonchev–Trinajstić information content (AvgIpc) is 2.72. The molecule has 0 bridgehead atoms. The molecule has 0 amide bonds. The number of fused-ring (bicyclic) bond motifs is 1. The van der Waals surface area contributed by atoms with Crippen LogP contribution in [0.15, 0.2) is 60.7 Å². The zero-order valence-corrected chi connectivity index (χ0v) is 17.8. The van der Waals surface area contributed by atoms with E-state index < -0.39 is 0 Å². The maximum atomic E-state index is 11.9. The minimum Gasteiger partial charge on any atom is -0.295 e. The fraction of sp³-hybridized carbons (Fsp3) is 0.333. The molecule has 148 valence electrons. The molecule has 3 aromatic rings. The summed E-state index contributed by atoms with van der Waals surface area (Å²) in [6, 6.07) is 18.4. The van der Waals surface area contributed by atoms with Gasteiger partial charge < -0.3 is 0 Å². The average molecular weight is 384 g/mol. The number of hydrogen-bond donors (Lipinski definition) is 0. The number of rotatable bonds is 3. The predicted octanol–water partition coefficient (Wildman–Crippen LogP) is 7.33. The Kier molecular flexibility index (Phi) is 5.12. The van der Waals surface area contributed by atoms with E-state index in [0.29, 0.717) is 5.41 Å². The van der Waals surface area contributed by atoms with Gasteiger partial charge in [0.2, 0.25) is 0 Å². The highest BCUT2D eigenvalue weighted by molar-refractivity contribution is 5.99. The molecule has 29 heavy (non-hydrogen) atoms. The van der Waals surface area contributed by atoms with Crippen LogP contribution in [0.5, 0.6) is 0 Å². The van der Waals surface area contributed by atoms with Gasteiger partial charge in [0.1, 0.15) is 0 Å². The Morgan fingerprint density at radius 2 is 1.83 bits per heavy atom. The maximum absolute atomic E-state index is 11.9. The smallest absolute Gasteiger partial charge is 0.159 e. The molecule has 0 saturated heterocycles. The number of pyridine rings is 1. The first-order chi connectivity index (χ1) is 13.8. The first-order valence-corrected chi connectivity index (χ1v) is 10.5. The van der Waals surface area contributed by atoms with Crippen LogP contribution in [-0.4, -0.2) is 10.8 Å². The molecule has 2 nitrogen and oxygen atoms in total. The Morgan fingerprint density at radius 3 is 2.52 bits per heavy atom. The molecule has 2 heteroatoms. The standard InChI is InChI=1S/C27H29NO/c1-18(29)20-8-7-9-21(16-20)24-17-26(28-25-11-6-5-10-23(24)25)19-12-14-22(15-13-19)27(2,3)4/h5-12,16-17,22H,13-15H2,1-4H3. The van der Waals surface area contributed by atoms with Gasteiger partial charge >= 0.3 is 0 Å². The molecule has 4 rings (SSSR count). The van der Waals surface area contributed by atoms with Gasteiger partial charge in [-0.1, -0.05) is 63.2 Å². The van der Waals surface area contributed by atoms with Crippen LogP contribution < -0.4 is 0 Å². The van der Waals surface area contributed by atoms with Crippen LogP contribution in [0.1, 0.15) is 63.0 Å². The van der Waals surface area contributed by atoms with Gasteiger partial charge in [-0.3, -0.25) is 4.79 Å². The van der Waals surface area contributed by atoms with E-state index in [1.807, 2.05) is 24.3 Å². The summed E-state index contributed by atoms with van der Waals surface area (Å²) < 4.78 is 0. The quantitative estimate of drug-likeness (QED) is 0.443. The first-order valence-electron chi connectivity index (χ1n) is 10.5. The lowest BCUT2D eigenvalue weighted by molar-refractivity contribution is 0.101. The number of allylic oxidation sites excluding steroid dienone is 2. The fourth-order valence-corrected chi connectivity index (χ4v) is 4.34. The van der Waals surface area contributed by atoms with Gasteiger partial charge in [0.05, 0.1) is 11.2 Å². The lowest BCUT2D eigenvalue weighted by Crippen LogP contribution is -2.22. The number of hydrogen-bond acceptors (Lipinski definition) is 2. The summed E-state index contributed by atoms with van der Waals surface area (Å²) in [5.41, 5.74) is 6.73. The number of benzene rings is 2. The monoisotopic (exact) mass is 383 g/mol. The summed E-state index contributed by atoms with van der Waals surface area (Å²) in [6.07, 6.45) is 5.79. The molecule has 0 N–H and O–H groups in total. The van der Waals surface area contributed by atoms with Crippen LogP contribution in [0.2, 0.25) is 0 Å². The molecule has 1 atom stereocenters. The Morgan fingerprint density at radius 1 is 1.03 bits per heavy atom. The number of nitrogens with zero attached hydrogens (tertiary/aromatic N) is 1. The molecule has 0 saturated carbocycles. The minimum absolute atomic E-state index is 0.0913. The summed E-state index contributed by atoms with van der Waals surface area (Å²) in [5.74, 6) is 0.812. The SMILES string of the molecule is CC(=O)c1cccc(-c2cc(C3=CCC(C(C)(C)C)CC3)nc3ccccc23)c1. The Labute approximate surface area is 173 Å². The highest BCUT2D eigenvalue weighted by atomic mass is 16.1. The Hall–Kier alpha value is -2.74. The highest BCUT2D eigenvalue weighted by Crippen LogP contribution is 2.40. The lowest BCUT2D eigenvalue weighted by Gasteiger charge is -2.33. The van der Waals surface area contributed by atoms with Crippen LogP contribution >= 0.6 is 0 Å². The van der Waals surface area contributed by atoms with E-state index in [1.54, 1.807) is 6.92 Å². The Balaban J connectivity index is 1.81. The fourth-order valence-electron chi connectivity index (χ4n) is 4.34. The van der Waals surface area contributed by atoms with Crippen LogP contribution in [0.25, 0.3) is 27.6 Å². The molecule has 1 aliphatic carbocycles. The van der Waals surface area contributed by atoms with Crippen molar-refractivity contribution in [3.63, 3.8) is 0 Å². The van der Waals surface area contributed by atoms with Gasteiger partial charge in [-0.25, -0.2) is 4.98 Å². The van der Waals surface area contributed by atoms with E-state index in [-0.39, 0.29) is 5.78 Å². The summed E-state index contributed by atoms with van der Waals surface area (Å²) >= 11 is 0. The van der Waals surface area contributed by atoms with E-state index in [0.717, 1.165) is 52.0 Å². The number of carbonyl (C=O) groups excluding carboxylic acids is 1. The van der Waals surface area contributed by atoms with Crippen molar-refractivity contribution < 1.29 is 4.79 Å². The second kappa shape index (κ2) is 7.59. The normalized spacial score (nSPS) is 17.2. The zero-order chi connectivity index (χ0) is 20.6. The molecule has 1 heterocycles. The topological polar surface area (TPSA) is 30.0 Å². The number of Topliss-reactive ketones (excluding diaryl/α,β-unsaturated/α-hetero) is 1. The molecule has 2 aromatic carbocycles. The van der Waals surface area contributed by atoms with Gasteiger partial charge in [0.25, 0.3) is 0 Å². The first kappa shape index (κ1) is 19.6. The largest absolute Gasteiger partial charge is 0.295 e. The van der Waals surface area contributed by atoms with Gasteiger partial charge in [0, 0.05) is 10.9 Å². The molecule has 0 fully saturated rings. The van der Waals surface area contributed by atoms with Crippen molar-refractivity contribution in [2.45, 2.75) is 47.0 Å². The number of ketones is 1. The van der Waals surface area contributed by atoms with E-state index in [2.05, 4.69) is 57.2 Å². The minimum atomic E-state index is 0.0913. The van der Waals surface area contributed by atoms with Gasteiger partial charge in [-0.05, 0) is 72.4 Å². The maximum Gasteiger partial charge on any atom is 0.159 e. The molecule has 0 spiro atoms. The van der Waals surface area contributed by atoms with Gasteiger partial charge in [-0.2, -0.15) is 0 Å². The molecule has 0 aliphatic heterocycles. The van der Waals surface area contributed by atoms with Crippen LogP contribution in [0.3, 0.4) is 0 Å². The Bertz CT molecular complexity index is 1100. The summed E-state index contributed by atoms with van der Waals surface area (Å²) in [4.78, 5) is 16.9. The van der Waals surface area contributed by atoms with Crippen LogP contribution in [0.4, 0.5) is 0 Å². The van der Waals surface area contributed by atoms with Crippen molar-refractivity contribution >= 4 is 22.3 Å². The molecular formula is C27H29NO. The van der Waals surface area contributed by atoms with Crippen molar-refractivity contribution in [3.05, 3.63) is 71.9 Å². The number of para-hydroxylation sites is 1.